The average molecular weight is 321 g/mol. The average Bonchev–Trinajstić information content (AvgIpc) is 3.10. The Balaban J connectivity index is 1.89. The number of hydrogen-bond acceptors (Lipinski definition) is 4. The van der Waals surface area contributed by atoms with Gasteiger partial charge in [0.1, 0.15) is 5.75 Å². The lowest BCUT2D eigenvalue weighted by Gasteiger charge is -2.16. The quantitative estimate of drug-likeness (QED) is 0.524. The molecular formula is C17H27N3O3. The fraction of sp³-hybridized carbons (Fsp3) is 0.588. The summed E-state index contributed by atoms with van der Waals surface area (Å²) in [6.07, 6.45) is 1.79. The zero-order chi connectivity index (χ0) is 16.5. The predicted octanol–water partition coefficient (Wildman–Crippen LogP) is 1.46. The first-order valence-electron chi connectivity index (χ1n) is 8.18. The Bertz CT molecular complexity index is 502. The normalized spacial score (nSPS) is 19.4. The number of benzene rings is 1. The smallest absolute Gasteiger partial charge is 0.191 e. The second kappa shape index (κ2) is 9.37. The number of ether oxygens (including phenoxy) is 2. The van der Waals surface area contributed by atoms with Crippen LogP contribution in [0, 0.1) is 0 Å². The van der Waals surface area contributed by atoms with E-state index in [1.165, 1.54) is 0 Å². The Hall–Kier alpha value is -1.79. The highest BCUT2D eigenvalue weighted by molar-refractivity contribution is 5.79. The first-order chi connectivity index (χ1) is 11.2. The van der Waals surface area contributed by atoms with Crippen LogP contribution in [0.3, 0.4) is 0 Å². The monoisotopic (exact) mass is 321 g/mol. The molecule has 0 aromatic heterocycles. The third kappa shape index (κ3) is 5.73. The van der Waals surface area contributed by atoms with E-state index < -0.39 is 6.10 Å². The maximum Gasteiger partial charge on any atom is 0.191 e. The molecule has 128 valence electrons. The lowest BCUT2D eigenvalue weighted by atomic mass is 10.1. The topological polar surface area (TPSA) is 75.1 Å². The molecule has 0 saturated carbocycles. The number of methoxy groups -OCH3 is 1. The van der Waals surface area contributed by atoms with E-state index in [1.54, 1.807) is 7.11 Å². The van der Waals surface area contributed by atoms with E-state index >= 15 is 0 Å². The van der Waals surface area contributed by atoms with E-state index in [0.29, 0.717) is 5.96 Å². The van der Waals surface area contributed by atoms with Crippen molar-refractivity contribution in [3.8, 4) is 5.75 Å². The summed E-state index contributed by atoms with van der Waals surface area (Å²) < 4.78 is 10.8. The maximum atomic E-state index is 10.3. The van der Waals surface area contributed by atoms with Gasteiger partial charge in [-0.2, -0.15) is 0 Å². The molecule has 1 saturated heterocycles. The molecule has 1 heterocycles. The van der Waals surface area contributed by atoms with Gasteiger partial charge in [0, 0.05) is 19.7 Å². The molecule has 1 aliphatic rings. The number of hydrogen-bond donors (Lipinski definition) is 3. The summed E-state index contributed by atoms with van der Waals surface area (Å²) in [7, 11) is 1.61. The van der Waals surface area contributed by atoms with E-state index in [0.717, 1.165) is 43.9 Å². The van der Waals surface area contributed by atoms with Crippen LogP contribution in [0.15, 0.2) is 29.3 Å². The van der Waals surface area contributed by atoms with Gasteiger partial charge in [-0.15, -0.1) is 0 Å². The molecule has 23 heavy (non-hydrogen) atoms. The van der Waals surface area contributed by atoms with Crippen LogP contribution in [0.1, 0.15) is 31.4 Å². The van der Waals surface area contributed by atoms with Gasteiger partial charge in [0.15, 0.2) is 5.96 Å². The summed E-state index contributed by atoms with van der Waals surface area (Å²) in [6, 6.07) is 7.41. The van der Waals surface area contributed by atoms with E-state index in [2.05, 4.69) is 15.6 Å². The predicted molar refractivity (Wildman–Crippen MR) is 90.9 cm³/mol. The second-order valence-corrected chi connectivity index (χ2v) is 5.53. The zero-order valence-corrected chi connectivity index (χ0v) is 13.9. The van der Waals surface area contributed by atoms with Crippen LogP contribution in [-0.2, 0) is 4.74 Å². The summed E-state index contributed by atoms with van der Waals surface area (Å²) in [4.78, 5) is 4.45. The van der Waals surface area contributed by atoms with Gasteiger partial charge >= 0.3 is 0 Å². The standard InChI is InChI=1S/C17H27N3O3/c1-3-18-17(19-11-15-8-5-9-23-15)20-12-16(21)13-6-4-7-14(10-13)22-2/h4,6-7,10,15-16,21H,3,5,8-9,11-12H2,1-2H3,(H2,18,19,20). The van der Waals surface area contributed by atoms with Gasteiger partial charge in [0.25, 0.3) is 0 Å². The fourth-order valence-corrected chi connectivity index (χ4v) is 2.49. The maximum absolute atomic E-state index is 10.3. The van der Waals surface area contributed by atoms with Crippen molar-refractivity contribution in [2.75, 3.05) is 33.4 Å². The highest BCUT2D eigenvalue weighted by Gasteiger charge is 2.15. The van der Waals surface area contributed by atoms with Gasteiger partial charge in [-0.05, 0) is 37.5 Å². The number of guanidine groups is 1. The lowest BCUT2D eigenvalue weighted by molar-refractivity contribution is 0.113. The van der Waals surface area contributed by atoms with Crippen LogP contribution in [0.4, 0.5) is 0 Å². The van der Waals surface area contributed by atoms with Crippen LogP contribution in [0.5, 0.6) is 5.75 Å². The van der Waals surface area contributed by atoms with Crippen molar-refractivity contribution < 1.29 is 14.6 Å². The Labute approximate surface area is 137 Å². The molecule has 0 radical (unpaired) electrons. The van der Waals surface area contributed by atoms with E-state index in [1.807, 2.05) is 31.2 Å². The van der Waals surface area contributed by atoms with Gasteiger partial charge in [-0.1, -0.05) is 12.1 Å². The molecule has 0 aliphatic carbocycles. The Kier molecular flexibility index (Phi) is 7.16. The van der Waals surface area contributed by atoms with Gasteiger partial charge in [0.2, 0.25) is 0 Å². The molecular weight excluding hydrogens is 294 g/mol. The minimum Gasteiger partial charge on any atom is -0.497 e. The Morgan fingerprint density at radius 3 is 3.04 bits per heavy atom. The third-order valence-corrected chi connectivity index (χ3v) is 3.77. The first kappa shape index (κ1) is 17.6. The van der Waals surface area contributed by atoms with Gasteiger partial charge in [-0.3, -0.25) is 4.99 Å². The number of rotatable bonds is 7. The fourth-order valence-electron chi connectivity index (χ4n) is 2.49. The number of nitrogens with zero attached hydrogens (tertiary/aromatic N) is 1. The molecule has 6 nitrogen and oxygen atoms in total. The minimum absolute atomic E-state index is 0.252. The van der Waals surface area contributed by atoms with Crippen molar-refractivity contribution in [1.29, 1.82) is 0 Å². The third-order valence-electron chi connectivity index (χ3n) is 3.77. The summed E-state index contributed by atoms with van der Waals surface area (Å²) in [5.41, 5.74) is 0.795. The van der Waals surface area contributed by atoms with Crippen molar-refractivity contribution in [1.82, 2.24) is 10.6 Å². The van der Waals surface area contributed by atoms with Gasteiger partial charge < -0.3 is 25.2 Å². The molecule has 0 bridgehead atoms. The van der Waals surface area contributed by atoms with Crippen LogP contribution in [0.2, 0.25) is 0 Å². The molecule has 3 N–H and O–H groups in total. The van der Waals surface area contributed by atoms with Gasteiger partial charge in [-0.25, -0.2) is 0 Å². The van der Waals surface area contributed by atoms with Gasteiger partial charge in [0.05, 0.1) is 25.9 Å². The van der Waals surface area contributed by atoms with Crippen molar-refractivity contribution in [3.63, 3.8) is 0 Å². The number of aliphatic hydroxyl groups is 1. The molecule has 1 fully saturated rings. The number of nitrogens with one attached hydrogen (secondary N) is 2. The van der Waals surface area contributed by atoms with Crippen molar-refractivity contribution in [3.05, 3.63) is 29.8 Å². The molecule has 6 heteroatoms. The van der Waals surface area contributed by atoms with Crippen molar-refractivity contribution in [2.24, 2.45) is 4.99 Å². The summed E-state index contributed by atoms with van der Waals surface area (Å²) in [5.74, 6) is 1.43. The van der Waals surface area contributed by atoms with Crippen LogP contribution >= 0.6 is 0 Å². The first-order valence-corrected chi connectivity index (χ1v) is 8.18. The van der Waals surface area contributed by atoms with Crippen molar-refractivity contribution >= 4 is 5.96 Å². The molecule has 0 spiro atoms. The minimum atomic E-state index is -0.664. The molecule has 1 aromatic rings. The summed E-state index contributed by atoms with van der Waals surface area (Å²) >= 11 is 0. The molecule has 0 amide bonds. The lowest BCUT2D eigenvalue weighted by Crippen LogP contribution is -2.41. The van der Waals surface area contributed by atoms with Crippen LogP contribution in [0.25, 0.3) is 0 Å². The molecule has 2 atom stereocenters. The Morgan fingerprint density at radius 1 is 1.48 bits per heavy atom. The summed E-state index contributed by atoms with van der Waals surface area (Å²) in [6.45, 7) is 4.65. The highest BCUT2D eigenvalue weighted by Crippen LogP contribution is 2.19. The molecule has 1 aliphatic heterocycles. The largest absolute Gasteiger partial charge is 0.497 e. The van der Waals surface area contributed by atoms with Crippen molar-refractivity contribution in [2.45, 2.75) is 32.0 Å². The Morgan fingerprint density at radius 2 is 2.35 bits per heavy atom. The van der Waals surface area contributed by atoms with E-state index in [4.69, 9.17) is 9.47 Å². The highest BCUT2D eigenvalue weighted by atomic mass is 16.5. The van der Waals surface area contributed by atoms with E-state index in [-0.39, 0.29) is 12.6 Å². The molecule has 2 rings (SSSR count). The molecule has 2 unspecified atom stereocenters. The SMILES string of the molecule is CCNC(=NCC(O)c1cccc(OC)c1)NCC1CCCO1. The number of aliphatic hydroxyl groups excluding tert-OH is 1. The zero-order valence-electron chi connectivity index (χ0n) is 13.9. The molecule has 1 aromatic carbocycles. The van der Waals surface area contributed by atoms with E-state index in [9.17, 15) is 5.11 Å². The van der Waals surface area contributed by atoms with Crippen LogP contribution in [-0.4, -0.2) is 50.5 Å². The van der Waals surface area contributed by atoms with Crippen LogP contribution < -0.4 is 15.4 Å². The number of aliphatic imine (C=N–C) groups is 1. The summed E-state index contributed by atoms with van der Waals surface area (Å²) in [5, 5.41) is 16.7. The second-order valence-electron chi connectivity index (χ2n) is 5.53.